The number of carbonyl (C=O) groups is 2. The third-order valence-electron chi connectivity index (χ3n) is 5.98. The number of hydrogen-bond acceptors (Lipinski definition) is 5. The number of morpholine rings is 1. The van der Waals surface area contributed by atoms with Crippen LogP contribution in [0.5, 0.6) is 0 Å². The van der Waals surface area contributed by atoms with Gasteiger partial charge in [-0.2, -0.15) is 0 Å². The number of nitrogens with one attached hydrogen (secondary N) is 1. The quantitative estimate of drug-likeness (QED) is 0.808. The predicted octanol–water partition coefficient (Wildman–Crippen LogP) is 2.38. The zero-order valence-corrected chi connectivity index (χ0v) is 16.9. The van der Waals surface area contributed by atoms with E-state index in [9.17, 15) is 9.59 Å². The van der Waals surface area contributed by atoms with Crippen LogP contribution in [0.15, 0.2) is 12.1 Å². The number of amides is 2. The highest BCUT2D eigenvalue weighted by Crippen LogP contribution is 2.29. The first-order valence-electron chi connectivity index (χ1n) is 9.79. The Kier molecular flexibility index (Phi) is 6.02. The van der Waals surface area contributed by atoms with Gasteiger partial charge in [-0.3, -0.25) is 9.59 Å². The van der Waals surface area contributed by atoms with Crippen molar-refractivity contribution in [3.8, 4) is 0 Å². The fraction of sp³-hybridized carbons (Fsp3) is 0.684. The lowest BCUT2D eigenvalue weighted by atomic mass is 9.89. The molecule has 0 spiro atoms. The van der Waals surface area contributed by atoms with Gasteiger partial charge in [0, 0.05) is 38.3 Å². The van der Waals surface area contributed by atoms with E-state index in [2.05, 4.69) is 10.2 Å². The van der Waals surface area contributed by atoms with Crippen LogP contribution in [0.25, 0.3) is 0 Å². The van der Waals surface area contributed by atoms with E-state index in [1.54, 1.807) is 12.1 Å². The summed E-state index contributed by atoms with van der Waals surface area (Å²) in [4.78, 5) is 29.7. The van der Waals surface area contributed by atoms with Crippen LogP contribution < -0.4 is 5.32 Å². The smallest absolute Gasteiger partial charge is 0.261 e. The lowest BCUT2D eigenvalue weighted by molar-refractivity contribution is -0.153. The number of nitrogens with zero attached hydrogens (tertiary/aromatic N) is 2. The fourth-order valence-electron chi connectivity index (χ4n) is 4.17. The van der Waals surface area contributed by atoms with Gasteiger partial charge in [-0.25, -0.2) is 0 Å². The summed E-state index contributed by atoms with van der Waals surface area (Å²) in [6.07, 6.45) is 5.94. The molecule has 1 N–H and O–H groups in total. The molecule has 2 saturated heterocycles. The molecule has 148 valence electrons. The van der Waals surface area contributed by atoms with Gasteiger partial charge < -0.3 is 19.9 Å². The summed E-state index contributed by atoms with van der Waals surface area (Å²) in [5.74, 6) is -0.0718. The van der Waals surface area contributed by atoms with E-state index in [0.29, 0.717) is 28.3 Å². The van der Waals surface area contributed by atoms with E-state index < -0.39 is 0 Å². The molecule has 3 aliphatic rings. The number of carbonyl (C=O) groups excluding carboxylic acids is 2. The van der Waals surface area contributed by atoms with Crippen LogP contribution in [-0.2, 0) is 9.53 Å². The molecule has 4 rings (SSSR count). The Bertz CT molecular complexity index is 685. The average molecular weight is 412 g/mol. The van der Waals surface area contributed by atoms with Crippen molar-refractivity contribution < 1.29 is 14.3 Å². The van der Waals surface area contributed by atoms with E-state index in [0.717, 1.165) is 32.0 Å². The Balaban J connectivity index is 1.26. The van der Waals surface area contributed by atoms with Crippen LogP contribution in [0.1, 0.15) is 41.8 Å². The lowest BCUT2D eigenvalue weighted by Crippen LogP contribution is -2.57. The van der Waals surface area contributed by atoms with Gasteiger partial charge in [0.2, 0.25) is 5.91 Å². The van der Waals surface area contributed by atoms with Gasteiger partial charge in [0.05, 0.1) is 15.3 Å². The van der Waals surface area contributed by atoms with Gasteiger partial charge in [0.15, 0.2) is 0 Å². The Morgan fingerprint density at radius 2 is 2.00 bits per heavy atom. The molecule has 2 aliphatic heterocycles. The first kappa shape index (κ1) is 19.2. The summed E-state index contributed by atoms with van der Waals surface area (Å²) < 4.78 is 6.25. The highest BCUT2D eigenvalue weighted by molar-refractivity contribution is 7.17. The maximum Gasteiger partial charge on any atom is 0.261 e. The summed E-state index contributed by atoms with van der Waals surface area (Å²) in [5.41, 5.74) is 0. The van der Waals surface area contributed by atoms with Crippen LogP contribution in [-0.4, -0.2) is 72.6 Å². The fourth-order valence-corrected chi connectivity index (χ4v) is 5.13. The summed E-state index contributed by atoms with van der Waals surface area (Å²) >= 11 is 7.14. The van der Waals surface area contributed by atoms with Gasteiger partial charge in [-0.05, 0) is 37.8 Å². The molecule has 2 amide bonds. The molecule has 0 aromatic carbocycles. The third-order valence-corrected chi connectivity index (χ3v) is 7.21. The largest absolute Gasteiger partial charge is 0.365 e. The molecule has 0 bridgehead atoms. The van der Waals surface area contributed by atoms with Crippen molar-refractivity contribution in [1.82, 2.24) is 15.1 Å². The van der Waals surface area contributed by atoms with Gasteiger partial charge in [-0.15, -0.1) is 11.3 Å². The van der Waals surface area contributed by atoms with Crippen LogP contribution in [0.4, 0.5) is 0 Å². The van der Waals surface area contributed by atoms with E-state index in [-0.39, 0.29) is 24.5 Å². The van der Waals surface area contributed by atoms with Crippen molar-refractivity contribution in [2.45, 2.75) is 50.3 Å². The summed E-state index contributed by atoms with van der Waals surface area (Å²) in [6.45, 7) is 3.23. The Hall–Kier alpha value is -1.15. The first-order valence-corrected chi connectivity index (χ1v) is 11.0. The number of piperidine rings is 1. The molecule has 6 nitrogen and oxygen atoms in total. The topological polar surface area (TPSA) is 61.9 Å². The molecule has 1 aromatic rings. The molecular formula is C19H26ClN3O3S. The highest BCUT2D eigenvalue weighted by Gasteiger charge is 2.35. The zero-order valence-electron chi connectivity index (χ0n) is 15.4. The lowest BCUT2D eigenvalue weighted by Gasteiger charge is -2.45. The molecule has 27 heavy (non-hydrogen) atoms. The predicted molar refractivity (Wildman–Crippen MR) is 105 cm³/mol. The maximum atomic E-state index is 12.4. The van der Waals surface area contributed by atoms with Crippen molar-refractivity contribution in [1.29, 1.82) is 0 Å². The summed E-state index contributed by atoms with van der Waals surface area (Å²) in [5, 5.41) is 2.90. The molecule has 8 heteroatoms. The van der Waals surface area contributed by atoms with Gasteiger partial charge >= 0.3 is 0 Å². The van der Waals surface area contributed by atoms with Crippen molar-refractivity contribution >= 4 is 34.8 Å². The van der Waals surface area contributed by atoms with Gasteiger partial charge in [-0.1, -0.05) is 18.0 Å². The minimum Gasteiger partial charge on any atom is -0.365 e. The minimum absolute atomic E-state index is 0.0738. The van der Waals surface area contributed by atoms with Crippen molar-refractivity contribution in [2.75, 3.05) is 32.8 Å². The Labute approximate surface area is 168 Å². The second-order valence-corrected chi connectivity index (χ2v) is 9.36. The number of likely N-dealkylation sites (tertiary alicyclic amines) is 1. The Morgan fingerprint density at radius 3 is 2.63 bits per heavy atom. The number of ether oxygens (including phenoxy) is 1. The summed E-state index contributed by atoms with van der Waals surface area (Å²) in [7, 11) is 0. The minimum atomic E-state index is -0.160. The van der Waals surface area contributed by atoms with Crippen LogP contribution in [0.2, 0.25) is 4.34 Å². The molecule has 1 aliphatic carbocycles. The molecule has 0 unspecified atom stereocenters. The summed E-state index contributed by atoms with van der Waals surface area (Å²) in [6, 6.07) is 4.51. The highest BCUT2D eigenvalue weighted by atomic mass is 35.5. The molecule has 3 heterocycles. The van der Waals surface area contributed by atoms with E-state index in [1.807, 2.05) is 4.90 Å². The first-order chi connectivity index (χ1) is 13.1. The average Bonchev–Trinajstić information content (AvgIpc) is 3.07. The normalized spacial score (nSPS) is 25.4. The number of hydrogen-bond donors (Lipinski definition) is 1. The van der Waals surface area contributed by atoms with Crippen molar-refractivity contribution in [3.63, 3.8) is 0 Å². The number of thiophene rings is 1. The van der Waals surface area contributed by atoms with Crippen molar-refractivity contribution in [2.24, 2.45) is 0 Å². The van der Waals surface area contributed by atoms with Crippen LogP contribution in [0.3, 0.4) is 0 Å². The second kappa shape index (κ2) is 8.47. The molecule has 1 atom stereocenters. The molecule has 1 aromatic heterocycles. The number of halogens is 1. The van der Waals surface area contributed by atoms with Crippen LogP contribution >= 0.6 is 22.9 Å². The number of rotatable bonds is 5. The van der Waals surface area contributed by atoms with E-state index in [4.69, 9.17) is 16.3 Å². The monoisotopic (exact) mass is 411 g/mol. The zero-order chi connectivity index (χ0) is 18.8. The second-order valence-electron chi connectivity index (χ2n) is 7.64. The van der Waals surface area contributed by atoms with Gasteiger partial charge in [0.25, 0.3) is 5.91 Å². The Morgan fingerprint density at radius 1 is 1.22 bits per heavy atom. The van der Waals surface area contributed by atoms with Crippen molar-refractivity contribution in [3.05, 3.63) is 21.3 Å². The molecule has 1 saturated carbocycles. The SMILES string of the molecule is O=C(NC[C@@H]1CN(C2CCN(C3CCC3)CC2)C(=O)CO1)c1ccc(Cl)s1. The molecule has 0 radical (unpaired) electrons. The van der Waals surface area contributed by atoms with E-state index in [1.165, 1.54) is 30.6 Å². The molecular weight excluding hydrogens is 386 g/mol. The maximum absolute atomic E-state index is 12.4. The van der Waals surface area contributed by atoms with Crippen LogP contribution in [0, 0.1) is 0 Å². The van der Waals surface area contributed by atoms with Gasteiger partial charge in [0.1, 0.15) is 6.61 Å². The third kappa shape index (κ3) is 4.47. The standard InChI is InChI=1S/C19H26ClN3O3S/c20-17-5-4-16(27-17)19(25)21-10-15-11-23(18(24)12-26-15)14-6-8-22(9-7-14)13-2-1-3-13/h4-5,13-15H,1-3,6-12H2,(H,21,25)/t15-/m1/s1. The van der Waals surface area contributed by atoms with E-state index >= 15 is 0 Å². The molecule has 3 fully saturated rings.